The van der Waals surface area contributed by atoms with Gasteiger partial charge in [-0.3, -0.25) is 0 Å². The van der Waals surface area contributed by atoms with E-state index in [2.05, 4.69) is 41.7 Å². The lowest BCUT2D eigenvalue weighted by molar-refractivity contribution is 0.520. The molecular formula is C23H43NS. The summed E-state index contributed by atoms with van der Waals surface area (Å²) < 4.78 is 2.30. The van der Waals surface area contributed by atoms with Crippen molar-refractivity contribution in [3.05, 3.63) is 24.5 Å². The van der Waals surface area contributed by atoms with Gasteiger partial charge in [0.25, 0.3) is 0 Å². The zero-order valence-electron chi connectivity index (χ0n) is 16.6. The van der Waals surface area contributed by atoms with Gasteiger partial charge in [-0.1, -0.05) is 96.3 Å². The van der Waals surface area contributed by atoms with Crippen LogP contribution in [0.25, 0.3) is 0 Å². The van der Waals surface area contributed by atoms with Crippen LogP contribution in [0.1, 0.15) is 109 Å². The Labute approximate surface area is 163 Å². The fourth-order valence-electron chi connectivity index (χ4n) is 3.58. The minimum Gasteiger partial charge on any atom is -0.354 e. The van der Waals surface area contributed by atoms with Crippen molar-refractivity contribution >= 4 is 12.6 Å². The van der Waals surface area contributed by atoms with E-state index >= 15 is 0 Å². The zero-order chi connectivity index (χ0) is 17.8. The molecule has 25 heavy (non-hydrogen) atoms. The molecule has 1 rings (SSSR count). The highest BCUT2D eigenvalue weighted by molar-refractivity contribution is 7.80. The van der Waals surface area contributed by atoms with Crippen LogP contribution in [0.5, 0.6) is 0 Å². The predicted molar refractivity (Wildman–Crippen MR) is 117 cm³/mol. The van der Waals surface area contributed by atoms with E-state index in [0.29, 0.717) is 0 Å². The van der Waals surface area contributed by atoms with Gasteiger partial charge in [-0.2, -0.15) is 12.6 Å². The molecule has 146 valence electrons. The summed E-state index contributed by atoms with van der Waals surface area (Å²) in [6.07, 6.45) is 28.7. The number of hydrogen-bond acceptors (Lipinski definition) is 1. The highest BCUT2D eigenvalue weighted by atomic mass is 32.1. The summed E-state index contributed by atoms with van der Waals surface area (Å²) in [5.41, 5.74) is 0. The average Bonchev–Trinajstić information content (AvgIpc) is 3.14. The smallest absolute Gasteiger partial charge is 0.0219 e. The Kier molecular flexibility index (Phi) is 16.7. The van der Waals surface area contributed by atoms with E-state index in [-0.39, 0.29) is 0 Å². The van der Waals surface area contributed by atoms with Gasteiger partial charge < -0.3 is 4.57 Å². The number of aromatic nitrogens is 1. The average molecular weight is 366 g/mol. The molecule has 0 saturated carbocycles. The number of aryl methyl sites for hydroxylation is 1. The lowest BCUT2D eigenvalue weighted by atomic mass is 10.0. The molecule has 1 nitrogen and oxygen atoms in total. The van der Waals surface area contributed by atoms with E-state index in [1.165, 1.54) is 116 Å². The lowest BCUT2D eigenvalue weighted by Gasteiger charge is -2.04. The minimum atomic E-state index is 1.06. The molecule has 0 amide bonds. The second kappa shape index (κ2) is 18.4. The topological polar surface area (TPSA) is 4.93 Å². The Morgan fingerprint density at radius 1 is 0.440 bits per heavy atom. The van der Waals surface area contributed by atoms with Crippen molar-refractivity contribution in [1.82, 2.24) is 4.57 Å². The molecular weight excluding hydrogens is 322 g/mol. The molecule has 0 aliphatic heterocycles. The van der Waals surface area contributed by atoms with Crippen molar-refractivity contribution in [2.45, 2.75) is 116 Å². The Morgan fingerprint density at radius 3 is 1.12 bits per heavy atom. The van der Waals surface area contributed by atoms with E-state index in [9.17, 15) is 0 Å². The Balaban J connectivity index is 1.65. The van der Waals surface area contributed by atoms with Crippen LogP contribution in [0.4, 0.5) is 0 Å². The fraction of sp³-hybridized carbons (Fsp3) is 0.826. The van der Waals surface area contributed by atoms with E-state index in [1.807, 2.05) is 0 Å². The van der Waals surface area contributed by atoms with Gasteiger partial charge in [0.1, 0.15) is 0 Å². The van der Waals surface area contributed by atoms with Crippen molar-refractivity contribution in [3.63, 3.8) is 0 Å². The molecule has 0 aromatic carbocycles. The predicted octanol–water partition coefficient (Wildman–Crippen LogP) is 8.05. The Bertz CT molecular complexity index is 347. The number of nitrogens with zero attached hydrogens (tertiary/aromatic N) is 1. The molecule has 0 atom stereocenters. The molecule has 0 spiro atoms. The van der Waals surface area contributed by atoms with Crippen LogP contribution in [-0.4, -0.2) is 10.3 Å². The molecule has 2 heteroatoms. The Hall–Kier alpha value is -0.370. The molecule has 0 saturated heterocycles. The zero-order valence-corrected chi connectivity index (χ0v) is 17.5. The van der Waals surface area contributed by atoms with Gasteiger partial charge in [-0.15, -0.1) is 0 Å². The third kappa shape index (κ3) is 15.6. The van der Waals surface area contributed by atoms with E-state index in [0.717, 1.165) is 5.75 Å². The molecule has 0 N–H and O–H groups in total. The molecule has 1 aromatic heterocycles. The minimum absolute atomic E-state index is 1.06. The maximum Gasteiger partial charge on any atom is 0.0219 e. The maximum absolute atomic E-state index is 4.26. The highest BCUT2D eigenvalue weighted by Crippen LogP contribution is 2.14. The lowest BCUT2D eigenvalue weighted by Crippen LogP contribution is -1.93. The first-order chi connectivity index (χ1) is 12.4. The van der Waals surface area contributed by atoms with E-state index in [4.69, 9.17) is 0 Å². The van der Waals surface area contributed by atoms with E-state index < -0.39 is 0 Å². The summed E-state index contributed by atoms with van der Waals surface area (Å²) >= 11 is 4.26. The SMILES string of the molecule is SCCCCCCCCCCCCCCCCCCCn1cccc1. The van der Waals surface area contributed by atoms with Crippen LogP contribution in [0.3, 0.4) is 0 Å². The first-order valence-corrected chi connectivity index (χ1v) is 11.8. The summed E-state index contributed by atoms with van der Waals surface area (Å²) in [7, 11) is 0. The summed E-state index contributed by atoms with van der Waals surface area (Å²) in [6.45, 7) is 1.20. The van der Waals surface area contributed by atoms with Gasteiger partial charge in [0.15, 0.2) is 0 Å². The molecule has 0 fully saturated rings. The number of hydrogen-bond donors (Lipinski definition) is 1. The first kappa shape index (κ1) is 22.7. The maximum atomic E-state index is 4.26. The molecule has 0 unspecified atom stereocenters. The molecule has 0 radical (unpaired) electrons. The van der Waals surface area contributed by atoms with Crippen LogP contribution in [0.15, 0.2) is 24.5 Å². The quantitative estimate of drug-likeness (QED) is 0.187. The van der Waals surface area contributed by atoms with Gasteiger partial charge in [0.2, 0.25) is 0 Å². The largest absolute Gasteiger partial charge is 0.354 e. The van der Waals surface area contributed by atoms with Gasteiger partial charge in [-0.05, 0) is 30.7 Å². The summed E-state index contributed by atoms with van der Waals surface area (Å²) in [5.74, 6) is 1.06. The van der Waals surface area contributed by atoms with Gasteiger partial charge >= 0.3 is 0 Å². The van der Waals surface area contributed by atoms with Crippen LogP contribution in [0.2, 0.25) is 0 Å². The monoisotopic (exact) mass is 365 g/mol. The molecule has 0 bridgehead atoms. The first-order valence-electron chi connectivity index (χ1n) is 11.1. The number of rotatable bonds is 19. The van der Waals surface area contributed by atoms with Gasteiger partial charge in [0.05, 0.1) is 0 Å². The second-order valence-electron chi connectivity index (χ2n) is 7.65. The van der Waals surface area contributed by atoms with Gasteiger partial charge in [-0.25, -0.2) is 0 Å². The van der Waals surface area contributed by atoms with Crippen molar-refractivity contribution < 1.29 is 0 Å². The normalized spacial score (nSPS) is 11.2. The molecule has 0 aliphatic rings. The summed E-state index contributed by atoms with van der Waals surface area (Å²) in [5, 5.41) is 0. The Morgan fingerprint density at radius 2 is 0.760 bits per heavy atom. The van der Waals surface area contributed by atoms with Gasteiger partial charge in [0, 0.05) is 18.9 Å². The third-order valence-electron chi connectivity index (χ3n) is 5.24. The van der Waals surface area contributed by atoms with E-state index in [1.54, 1.807) is 0 Å². The summed E-state index contributed by atoms with van der Waals surface area (Å²) in [4.78, 5) is 0. The van der Waals surface area contributed by atoms with Crippen molar-refractivity contribution in [3.8, 4) is 0 Å². The molecule has 1 aromatic rings. The van der Waals surface area contributed by atoms with Crippen LogP contribution >= 0.6 is 12.6 Å². The standard InChI is InChI=1S/C23H43NS/c25-23-19-15-13-11-9-7-5-3-1-2-4-6-8-10-12-14-16-20-24-21-17-18-22-24/h17-18,21-22,25H,1-16,19-20,23H2. The third-order valence-corrected chi connectivity index (χ3v) is 5.56. The molecule has 1 heterocycles. The van der Waals surface area contributed by atoms with Crippen LogP contribution < -0.4 is 0 Å². The van der Waals surface area contributed by atoms with Crippen LogP contribution in [-0.2, 0) is 6.54 Å². The fourth-order valence-corrected chi connectivity index (χ4v) is 3.80. The summed E-state index contributed by atoms with van der Waals surface area (Å²) in [6, 6.07) is 4.23. The van der Waals surface area contributed by atoms with Crippen molar-refractivity contribution in [2.24, 2.45) is 0 Å². The second-order valence-corrected chi connectivity index (χ2v) is 8.10. The number of unbranched alkanes of at least 4 members (excludes halogenated alkanes) is 16. The highest BCUT2D eigenvalue weighted by Gasteiger charge is 1.95. The van der Waals surface area contributed by atoms with Crippen LogP contribution in [0, 0.1) is 0 Å². The number of thiol groups is 1. The molecule has 0 aliphatic carbocycles. The van der Waals surface area contributed by atoms with Crippen molar-refractivity contribution in [2.75, 3.05) is 5.75 Å². The van der Waals surface area contributed by atoms with Crippen molar-refractivity contribution in [1.29, 1.82) is 0 Å².